The number of amides is 3. The van der Waals surface area contributed by atoms with Gasteiger partial charge in [0.05, 0.1) is 12.0 Å². The van der Waals surface area contributed by atoms with Gasteiger partial charge in [-0.15, -0.1) is 0 Å². The van der Waals surface area contributed by atoms with E-state index in [2.05, 4.69) is 10.3 Å². The Kier molecular flexibility index (Phi) is 5.74. The normalized spacial score (nSPS) is 21.0. The van der Waals surface area contributed by atoms with Gasteiger partial charge in [-0.1, -0.05) is 20.8 Å². The van der Waals surface area contributed by atoms with E-state index in [0.29, 0.717) is 12.0 Å². The van der Waals surface area contributed by atoms with E-state index in [4.69, 9.17) is 10.5 Å². The van der Waals surface area contributed by atoms with Crippen molar-refractivity contribution in [3.05, 3.63) is 24.0 Å². The van der Waals surface area contributed by atoms with Crippen LogP contribution < -0.4 is 11.1 Å². The molecule has 1 aromatic heterocycles. The van der Waals surface area contributed by atoms with Crippen LogP contribution in [-0.4, -0.2) is 58.8 Å². The molecule has 2 atom stereocenters. The number of Topliss-reactive ketones (excluding diaryl/α,β-unsaturated/α-hetero) is 1. The molecule has 0 bridgehead atoms. The van der Waals surface area contributed by atoms with Crippen LogP contribution in [0.25, 0.3) is 0 Å². The second-order valence-corrected chi connectivity index (χ2v) is 7.94. The van der Waals surface area contributed by atoms with Gasteiger partial charge in [0.2, 0.25) is 11.6 Å². The second kappa shape index (κ2) is 7.51. The van der Waals surface area contributed by atoms with E-state index in [0.717, 1.165) is 4.90 Å². The zero-order valence-electron chi connectivity index (χ0n) is 16.0. The molecule has 4 N–H and O–H groups in total. The molecule has 0 aliphatic carbocycles. The molecule has 1 fully saturated rings. The third-order valence-corrected chi connectivity index (χ3v) is 4.45. The highest BCUT2D eigenvalue weighted by Crippen LogP contribution is 2.29. The largest absolute Gasteiger partial charge is 0.367 e. The minimum atomic E-state index is -1.83. The first kappa shape index (κ1) is 20.6. The molecule has 0 saturated carbocycles. The van der Waals surface area contributed by atoms with Gasteiger partial charge in [0, 0.05) is 19.4 Å². The molecule has 2 heterocycles. The Balaban J connectivity index is 2.27. The maximum absolute atomic E-state index is 13.1. The molecule has 1 unspecified atom stereocenters. The number of carbonyl (C=O) groups is 4. The summed E-state index contributed by atoms with van der Waals surface area (Å²) < 4.78 is 5.32. The van der Waals surface area contributed by atoms with Crippen molar-refractivity contribution in [3.63, 3.8) is 0 Å². The van der Waals surface area contributed by atoms with E-state index in [1.54, 1.807) is 12.3 Å². The summed E-state index contributed by atoms with van der Waals surface area (Å²) in [5.74, 6) is -2.22. The third kappa shape index (κ3) is 4.54. The monoisotopic (exact) mass is 378 g/mol. The highest BCUT2D eigenvalue weighted by molar-refractivity contribution is 6.00. The smallest absolute Gasteiger partial charge is 0.271 e. The number of H-pyrrole nitrogens is 1. The standard InChI is InChI=1S/C18H26N4O5/c1-17(2,3)8-13(21-14(24)11-5-6-20-9-11)15(25)22(4)18(16(19)26)7-12(23)10-27-18/h5-6,9,13,20H,7-8,10H2,1-4H3,(H2,19,26)(H,21,24)/t13-,18?/m0/s1. The SMILES string of the molecule is CN(C(=O)[C@H](CC(C)(C)C)NC(=O)c1cc[nH]c1)C1(C(N)=O)CC(=O)CO1. The topological polar surface area (TPSA) is 135 Å². The van der Waals surface area contributed by atoms with Crippen molar-refractivity contribution in [1.82, 2.24) is 15.2 Å². The Hall–Kier alpha value is -2.68. The zero-order valence-corrected chi connectivity index (χ0v) is 16.0. The van der Waals surface area contributed by atoms with Gasteiger partial charge in [-0.2, -0.15) is 0 Å². The molecule has 2 rings (SSSR count). The van der Waals surface area contributed by atoms with E-state index < -0.39 is 29.5 Å². The summed E-state index contributed by atoms with van der Waals surface area (Å²) in [6.45, 7) is 5.49. The first-order valence-corrected chi connectivity index (χ1v) is 8.63. The van der Waals surface area contributed by atoms with Crippen molar-refractivity contribution in [2.45, 2.75) is 45.4 Å². The minimum absolute atomic E-state index is 0.291. The van der Waals surface area contributed by atoms with Crippen LogP contribution in [0.4, 0.5) is 0 Å². The molecule has 148 valence electrons. The summed E-state index contributed by atoms with van der Waals surface area (Å²) in [5.41, 5.74) is 3.69. The van der Waals surface area contributed by atoms with Crippen LogP contribution in [-0.2, 0) is 19.1 Å². The summed E-state index contributed by atoms with van der Waals surface area (Å²) in [7, 11) is 1.35. The summed E-state index contributed by atoms with van der Waals surface area (Å²) in [5, 5.41) is 2.70. The number of ether oxygens (including phenoxy) is 1. The van der Waals surface area contributed by atoms with Gasteiger partial charge in [-0.05, 0) is 17.9 Å². The molecule has 9 heteroatoms. The van der Waals surface area contributed by atoms with Crippen molar-refractivity contribution < 1.29 is 23.9 Å². The summed E-state index contributed by atoms with van der Waals surface area (Å²) in [6, 6.07) is 0.661. The van der Waals surface area contributed by atoms with Gasteiger partial charge in [-0.25, -0.2) is 0 Å². The molecule has 9 nitrogen and oxygen atoms in total. The molecule has 1 aliphatic rings. The Labute approximate surface area is 157 Å². The van der Waals surface area contributed by atoms with Gasteiger partial charge >= 0.3 is 0 Å². The predicted octanol–water partition coefficient (Wildman–Crippen LogP) is 0.179. The number of nitrogens with two attached hydrogens (primary N) is 1. The van der Waals surface area contributed by atoms with Gasteiger partial charge in [-0.3, -0.25) is 19.2 Å². The van der Waals surface area contributed by atoms with Crippen LogP contribution in [0.2, 0.25) is 0 Å². The molecular formula is C18H26N4O5. The van der Waals surface area contributed by atoms with Crippen LogP contribution in [0.15, 0.2) is 18.5 Å². The number of rotatable bonds is 6. The van der Waals surface area contributed by atoms with Crippen LogP contribution >= 0.6 is 0 Å². The number of aromatic nitrogens is 1. The minimum Gasteiger partial charge on any atom is -0.367 e. The van der Waals surface area contributed by atoms with E-state index >= 15 is 0 Å². The molecule has 0 aromatic carbocycles. The third-order valence-electron chi connectivity index (χ3n) is 4.45. The number of nitrogens with one attached hydrogen (secondary N) is 2. The van der Waals surface area contributed by atoms with E-state index in [1.807, 2.05) is 20.8 Å². The maximum atomic E-state index is 13.1. The molecule has 0 spiro atoms. The lowest BCUT2D eigenvalue weighted by molar-refractivity contribution is -0.173. The number of likely N-dealkylation sites (N-methyl/N-ethyl adjacent to an activating group) is 1. The lowest BCUT2D eigenvalue weighted by Crippen LogP contribution is -2.62. The van der Waals surface area contributed by atoms with Gasteiger partial charge in [0.1, 0.15) is 12.6 Å². The van der Waals surface area contributed by atoms with Crippen molar-refractivity contribution in [2.75, 3.05) is 13.7 Å². The first-order valence-electron chi connectivity index (χ1n) is 8.63. The van der Waals surface area contributed by atoms with E-state index in [1.165, 1.54) is 13.2 Å². The fourth-order valence-electron chi connectivity index (χ4n) is 3.04. The molecular weight excluding hydrogens is 352 g/mol. The number of ketones is 1. The van der Waals surface area contributed by atoms with Crippen LogP contribution in [0.3, 0.4) is 0 Å². The number of hydrogen-bond acceptors (Lipinski definition) is 5. The highest BCUT2D eigenvalue weighted by atomic mass is 16.5. The number of carbonyl (C=O) groups excluding carboxylic acids is 4. The molecule has 1 aromatic rings. The van der Waals surface area contributed by atoms with Crippen molar-refractivity contribution in [2.24, 2.45) is 11.1 Å². The predicted molar refractivity (Wildman–Crippen MR) is 96.4 cm³/mol. The number of hydrogen-bond donors (Lipinski definition) is 3. The Morgan fingerprint density at radius 3 is 2.52 bits per heavy atom. The second-order valence-electron chi connectivity index (χ2n) is 7.94. The lowest BCUT2D eigenvalue weighted by atomic mass is 9.87. The average molecular weight is 378 g/mol. The molecule has 0 radical (unpaired) electrons. The van der Waals surface area contributed by atoms with Gasteiger partial charge in [0.25, 0.3) is 11.8 Å². The van der Waals surface area contributed by atoms with Crippen LogP contribution in [0.5, 0.6) is 0 Å². The zero-order chi connectivity index (χ0) is 20.4. The number of nitrogens with zero attached hydrogens (tertiary/aromatic N) is 1. The van der Waals surface area contributed by atoms with E-state index in [9.17, 15) is 19.2 Å². The van der Waals surface area contributed by atoms with Crippen molar-refractivity contribution >= 4 is 23.5 Å². The van der Waals surface area contributed by atoms with Crippen LogP contribution in [0.1, 0.15) is 44.0 Å². The molecule has 3 amide bonds. The highest BCUT2D eigenvalue weighted by Gasteiger charge is 2.52. The average Bonchev–Trinajstić information content (AvgIpc) is 3.21. The Morgan fingerprint density at radius 1 is 1.41 bits per heavy atom. The van der Waals surface area contributed by atoms with Gasteiger partial charge in [0.15, 0.2) is 5.78 Å². The number of primary amides is 1. The van der Waals surface area contributed by atoms with Crippen molar-refractivity contribution in [3.8, 4) is 0 Å². The lowest BCUT2D eigenvalue weighted by Gasteiger charge is -2.37. The summed E-state index contributed by atoms with van der Waals surface area (Å²) in [6.07, 6.45) is 3.12. The summed E-state index contributed by atoms with van der Waals surface area (Å²) >= 11 is 0. The van der Waals surface area contributed by atoms with Crippen LogP contribution in [0, 0.1) is 5.41 Å². The molecule has 1 aliphatic heterocycles. The fraction of sp³-hybridized carbons (Fsp3) is 0.556. The van der Waals surface area contributed by atoms with Crippen molar-refractivity contribution in [1.29, 1.82) is 0 Å². The number of aromatic amines is 1. The molecule has 27 heavy (non-hydrogen) atoms. The summed E-state index contributed by atoms with van der Waals surface area (Å²) in [4.78, 5) is 53.1. The Morgan fingerprint density at radius 2 is 2.07 bits per heavy atom. The Bertz CT molecular complexity index is 737. The van der Waals surface area contributed by atoms with Gasteiger partial charge < -0.3 is 25.7 Å². The fourth-order valence-corrected chi connectivity index (χ4v) is 3.04. The quantitative estimate of drug-likeness (QED) is 0.649. The molecule has 1 saturated heterocycles. The first-order chi connectivity index (χ1) is 12.5. The van der Waals surface area contributed by atoms with E-state index in [-0.39, 0.29) is 24.2 Å². The maximum Gasteiger partial charge on any atom is 0.271 e.